The second-order valence-electron chi connectivity index (χ2n) is 10.3. The molecule has 5 aromatic rings. The Morgan fingerprint density at radius 3 is 1.40 bits per heavy atom. The monoisotopic (exact) mass is 596 g/mol. The Hall–Kier alpha value is -4.75. The van der Waals surface area contributed by atoms with Crippen LogP contribution in [0.15, 0.2) is 115 Å². The van der Waals surface area contributed by atoms with Gasteiger partial charge in [0.2, 0.25) is 0 Å². The number of pyridine rings is 2. The van der Waals surface area contributed by atoms with Crippen molar-refractivity contribution in [1.82, 2.24) is 9.97 Å². The number of halogens is 1. The molecular weight excluding hydrogens is 556 g/mol. The molecule has 0 saturated heterocycles. The summed E-state index contributed by atoms with van der Waals surface area (Å²) in [5, 5.41) is 22.4. The van der Waals surface area contributed by atoms with Crippen LogP contribution in [0.5, 0.6) is 5.75 Å². The first-order chi connectivity index (χ1) is 20.7. The van der Waals surface area contributed by atoms with Crippen LogP contribution in [-0.4, -0.2) is 27.2 Å². The molecule has 3 aromatic carbocycles. The maximum absolute atomic E-state index is 8.63. The number of phenolic OH excluding ortho intramolecular Hbond substituents is 1. The minimum absolute atomic E-state index is 0.322. The summed E-state index contributed by atoms with van der Waals surface area (Å²) >= 11 is 5.94. The quantitative estimate of drug-likeness (QED) is 0.114. The standard InChI is InChI=1S/C15H19N3.C14H16ClN3.C6H6O/c1-11(2)16-14-10-9-12(3)17-15(14)18-13-7-5-4-6-8-13;1-10(2)16-12-8-9-13(15)18-14(12)17-11-6-4-3-5-7-11;7-6-4-2-1-3-5-6/h4-11,16H,1-3H3,(H,17,18);3-10,16H,1-2H3,(H,17,18);1-5,7H. The number of hydrogen-bond donors (Lipinski definition) is 5. The van der Waals surface area contributed by atoms with Gasteiger partial charge in [0.25, 0.3) is 0 Å². The molecule has 0 aliphatic carbocycles. The van der Waals surface area contributed by atoms with Gasteiger partial charge in [-0.05, 0) is 95.3 Å². The Kier molecular flexibility index (Phi) is 13.2. The molecule has 0 spiro atoms. The van der Waals surface area contributed by atoms with E-state index in [1.54, 1.807) is 30.3 Å². The highest BCUT2D eigenvalue weighted by Crippen LogP contribution is 2.26. The Balaban J connectivity index is 0.000000193. The molecule has 5 rings (SSSR count). The second-order valence-corrected chi connectivity index (χ2v) is 10.7. The van der Waals surface area contributed by atoms with Crippen LogP contribution in [0.1, 0.15) is 33.4 Å². The molecule has 0 fully saturated rings. The number of nitrogens with zero attached hydrogens (tertiary/aromatic N) is 2. The van der Waals surface area contributed by atoms with Crippen LogP contribution in [-0.2, 0) is 0 Å². The Morgan fingerprint density at radius 1 is 0.558 bits per heavy atom. The van der Waals surface area contributed by atoms with E-state index in [2.05, 4.69) is 65.0 Å². The van der Waals surface area contributed by atoms with Crippen molar-refractivity contribution in [2.75, 3.05) is 21.3 Å². The van der Waals surface area contributed by atoms with Gasteiger partial charge < -0.3 is 26.4 Å². The summed E-state index contributed by atoms with van der Waals surface area (Å²) in [7, 11) is 0. The van der Waals surface area contributed by atoms with E-state index in [-0.39, 0.29) is 0 Å². The van der Waals surface area contributed by atoms with Crippen LogP contribution < -0.4 is 21.3 Å². The molecule has 0 radical (unpaired) electrons. The predicted molar refractivity (Wildman–Crippen MR) is 183 cm³/mol. The zero-order chi connectivity index (χ0) is 31.0. The maximum atomic E-state index is 8.63. The Bertz CT molecular complexity index is 1400. The van der Waals surface area contributed by atoms with Crippen molar-refractivity contribution in [1.29, 1.82) is 0 Å². The summed E-state index contributed by atoms with van der Waals surface area (Å²) in [6.07, 6.45) is 0. The average molecular weight is 597 g/mol. The van der Waals surface area contributed by atoms with Crippen molar-refractivity contribution in [2.24, 2.45) is 0 Å². The fourth-order valence-corrected chi connectivity index (χ4v) is 3.93. The van der Waals surface area contributed by atoms with Crippen molar-refractivity contribution in [3.05, 3.63) is 126 Å². The van der Waals surface area contributed by atoms with Crippen molar-refractivity contribution in [2.45, 2.75) is 46.7 Å². The number of aromatic nitrogens is 2. The van der Waals surface area contributed by atoms with Gasteiger partial charge in [-0.25, -0.2) is 9.97 Å². The van der Waals surface area contributed by atoms with Crippen LogP contribution in [0.2, 0.25) is 5.15 Å². The van der Waals surface area contributed by atoms with Gasteiger partial charge in [-0.2, -0.15) is 0 Å². The van der Waals surface area contributed by atoms with Crippen molar-refractivity contribution >= 4 is 46.0 Å². The van der Waals surface area contributed by atoms with Gasteiger partial charge in [0.05, 0.1) is 11.4 Å². The molecule has 5 N–H and O–H groups in total. The molecule has 0 aliphatic heterocycles. The zero-order valence-corrected chi connectivity index (χ0v) is 26.1. The van der Waals surface area contributed by atoms with Crippen molar-refractivity contribution < 1.29 is 5.11 Å². The first kappa shape index (κ1) is 32.8. The number of para-hydroxylation sites is 3. The lowest BCUT2D eigenvalue weighted by atomic mass is 10.2. The number of anilines is 6. The van der Waals surface area contributed by atoms with Gasteiger partial charge in [-0.3, -0.25) is 0 Å². The number of phenols is 1. The van der Waals surface area contributed by atoms with E-state index < -0.39 is 0 Å². The maximum Gasteiger partial charge on any atom is 0.155 e. The molecule has 43 heavy (non-hydrogen) atoms. The molecule has 0 amide bonds. The Labute approximate surface area is 260 Å². The number of rotatable bonds is 8. The second kappa shape index (κ2) is 17.3. The lowest BCUT2D eigenvalue weighted by Gasteiger charge is -2.15. The molecule has 0 atom stereocenters. The summed E-state index contributed by atoms with van der Waals surface area (Å²) in [5.41, 5.74) is 5.00. The third-order valence-electron chi connectivity index (χ3n) is 5.61. The first-order valence-electron chi connectivity index (χ1n) is 14.2. The first-order valence-corrected chi connectivity index (χ1v) is 14.6. The summed E-state index contributed by atoms with van der Waals surface area (Å²) in [6, 6.07) is 37.2. The van der Waals surface area contributed by atoms with Crippen LogP contribution in [0.4, 0.5) is 34.4 Å². The molecule has 0 unspecified atom stereocenters. The van der Waals surface area contributed by atoms with Gasteiger partial charge in [-0.15, -0.1) is 0 Å². The summed E-state index contributed by atoms with van der Waals surface area (Å²) in [6.45, 7) is 10.4. The van der Waals surface area contributed by atoms with E-state index in [4.69, 9.17) is 16.7 Å². The lowest BCUT2D eigenvalue weighted by Crippen LogP contribution is -2.12. The zero-order valence-electron chi connectivity index (χ0n) is 25.3. The third-order valence-corrected chi connectivity index (χ3v) is 5.82. The van der Waals surface area contributed by atoms with E-state index in [0.29, 0.717) is 23.0 Å². The molecule has 0 aliphatic rings. The molecule has 7 nitrogen and oxygen atoms in total. The van der Waals surface area contributed by atoms with Crippen molar-refractivity contribution in [3.8, 4) is 5.75 Å². The molecule has 224 valence electrons. The number of aryl methyl sites for hydroxylation is 1. The average Bonchev–Trinajstić information content (AvgIpc) is 2.98. The number of nitrogens with one attached hydrogen (secondary N) is 4. The van der Waals surface area contributed by atoms with Gasteiger partial charge in [0.1, 0.15) is 10.9 Å². The number of benzene rings is 3. The highest BCUT2D eigenvalue weighted by atomic mass is 35.5. The van der Waals surface area contributed by atoms with E-state index in [0.717, 1.165) is 40.1 Å². The topological polar surface area (TPSA) is 94.1 Å². The van der Waals surface area contributed by atoms with Gasteiger partial charge in [0, 0.05) is 29.2 Å². The minimum Gasteiger partial charge on any atom is -0.508 e. The van der Waals surface area contributed by atoms with Gasteiger partial charge in [-0.1, -0.05) is 66.2 Å². The van der Waals surface area contributed by atoms with Gasteiger partial charge >= 0.3 is 0 Å². The number of hydrogen-bond acceptors (Lipinski definition) is 7. The van der Waals surface area contributed by atoms with Crippen molar-refractivity contribution in [3.63, 3.8) is 0 Å². The largest absolute Gasteiger partial charge is 0.508 e. The van der Waals surface area contributed by atoms with Crippen LogP contribution in [0.25, 0.3) is 0 Å². The van der Waals surface area contributed by atoms with Crippen LogP contribution >= 0.6 is 11.6 Å². The molecule has 8 heteroatoms. The summed E-state index contributed by atoms with van der Waals surface area (Å²) < 4.78 is 0. The van der Waals surface area contributed by atoms with E-state index >= 15 is 0 Å². The third kappa shape index (κ3) is 12.3. The Morgan fingerprint density at radius 2 is 0.977 bits per heavy atom. The molecule has 0 saturated carbocycles. The highest BCUT2D eigenvalue weighted by Gasteiger charge is 2.07. The van der Waals surface area contributed by atoms with E-state index in [9.17, 15) is 0 Å². The highest BCUT2D eigenvalue weighted by molar-refractivity contribution is 6.29. The fourth-order valence-electron chi connectivity index (χ4n) is 3.78. The minimum atomic E-state index is 0.322. The summed E-state index contributed by atoms with van der Waals surface area (Å²) in [5.74, 6) is 1.93. The van der Waals surface area contributed by atoms with Gasteiger partial charge in [0.15, 0.2) is 11.6 Å². The fraction of sp³-hybridized carbons (Fsp3) is 0.200. The van der Waals surface area contributed by atoms with E-state index in [1.807, 2.05) is 85.8 Å². The normalized spacial score (nSPS) is 10.1. The van der Waals surface area contributed by atoms with Crippen LogP contribution in [0.3, 0.4) is 0 Å². The SMILES string of the molecule is CC(C)Nc1ccc(Cl)nc1Nc1ccccc1.Cc1ccc(NC(C)C)c(Nc2ccccc2)n1.Oc1ccccc1. The summed E-state index contributed by atoms with van der Waals surface area (Å²) in [4.78, 5) is 8.86. The predicted octanol–water partition coefficient (Wildman–Crippen LogP) is 9.65. The lowest BCUT2D eigenvalue weighted by molar-refractivity contribution is 0.475. The molecule has 2 heterocycles. The molecular formula is C35H41ClN6O. The smallest absolute Gasteiger partial charge is 0.155 e. The molecule has 0 bridgehead atoms. The molecule has 2 aromatic heterocycles. The van der Waals surface area contributed by atoms with E-state index in [1.165, 1.54) is 0 Å². The number of aromatic hydroxyl groups is 1. The van der Waals surface area contributed by atoms with Crippen LogP contribution in [0, 0.1) is 6.92 Å².